The molecule has 1 aromatic heterocycles. The Morgan fingerprint density at radius 3 is 2.74 bits per heavy atom. The smallest absolute Gasteiger partial charge is 0.138 e. The number of hydrogen-bond acceptors (Lipinski definition) is 3. The molecule has 0 bridgehead atoms. The van der Waals surface area contributed by atoms with Gasteiger partial charge in [-0.1, -0.05) is 23.7 Å². The zero-order valence-corrected chi connectivity index (χ0v) is 11.2. The summed E-state index contributed by atoms with van der Waals surface area (Å²) in [5, 5.41) is 4.02. The molecule has 4 heteroatoms. The molecule has 3 nitrogen and oxygen atoms in total. The molecule has 0 unspecified atom stereocenters. The lowest BCUT2D eigenvalue weighted by Crippen LogP contribution is -2.19. The number of pyridine rings is 1. The summed E-state index contributed by atoms with van der Waals surface area (Å²) in [6.07, 6.45) is 4.90. The minimum Gasteiger partial charge on any atom is -0.487 e. The van der Waals surface area contributed by atoms with E-state index in [1.807, 2.05) is 36.5 Å². The second-order valence-electron chi connectivity index (χ2n) is 4.65. The molecule has 0 aliphatic carbocycles. The largest absolute Gasteiger partial charge is 0.487 e. The van der Waals surface area contributed by atoms with Crippen LogP contribution >= 0.6 is 11.6 Å². The highest BCUT2D eigenvalue weighted by molar-refractivity contribution is 6.30. The van der Waals surface area contributed by atoms with Crippen molar-refractivity contribution in [3.8, 4) is 16.9 Å². The van der Waals surface area contributed by atoms with Gasteiger partial charge in [-0.2, -0.15) is 0 Å². The van der Waals surface area contributed by atoms with E-state index in [-0.39, 0.29) is 6.10 Å². The average Bonchev–Trinajstić information content (AvgIpc) is 2.93. The summed E-state index contributed by atoms with van der Waals surface area (Å²) in [6, 6.07) is 9.76. The van der Waals surface area contributed by atoms with Gasteiger partial charge in [-0.25, -0.2) is 0 Å². The predicted molar refractivity (Wildman–Crippen MR) is 76.6 cm³/mol. The molecule has 0 saturated carbocycles. The maximum atomic E-state index is 5.91. The number of aromatic nitrogens is 1. The van der Waals surface area contributed by atoms with Crippen LogP contribution in [-0.2, 0) is 0 Å². The molecule has 1 aliphatic heterocycles. The van der Waals surface area contributed by atoms with Crippen LogP contribution in [-0.4, -0.2) is 24.2 Å². The molecule has 19 heavy (non-hydrogen) atoms. The van der Waals surface area contributed by atoms with Crippen LogP contribution in [0.2, 0.25) is 5.02 Å². The molecule has 1 aliphatic rings. The van der Waals surface area contributed by atoms with Crippen molar-refractivity contribution >= 4 is 11.6 Å². The van der Waals surface area contributed by atoms with Gasteiger partial charge in [0.15, 0.2) is 0 Å². The van der Waals surface area contributed by atoms with Gasteiger partial charge >= 0.3 is 0 Å². The topological polar surface area (TPSA) is 34.1 Å². The van der Waals surface area contributed by atoms with Crippen molar-refractivity contribution in [2.75, 3.05) is 13.1 Å². The number of ether oxygens (including phenoxy) is 1. The van der Waals surface area contributed by atoms with E-state index in [4.69, 9.17) is 16.3 Å². The second kappa shape index (κ2) is 5.59. The van der Waals surface area contributed by atoms with Crippen LogP contribution in [0.15, 0.2) is 42.7 Å². The van der Waals surface area contributed by atoms with Gasteiger partial charge in [0.05, 0.1) is 6.20 Å². The Morgan fingerprint density at radius 2 is 2.00 bits per heavy atom. The summed E-state index contributed by atoms with van der Waals surface area (Å²) in [5.41, 5.74) is 2.13. The van der Waals surface area contributed by atoms with Gasteiger partial charge in [0.25, 0.3) is 0 Å². The van der Waals surface area contributed by atoms with Gasteiger partial charge in [0, 0.05) is 23.3 Å². The summed E-state index contributed by atoms with van der Waals surface area (Å²) in [6.45, 7) is 1.93. The molecule has 1 aromatic carbocycles. The first-order valence-corrected chi connectivity index (χ1v) is 6.77. The Hall–Kier alpha value is -1.58. The first kappa shape index (κ1) is 12.5. The standard InChI is InChI=1S/C15H15ClN2O/c16-13-3-1-11(2-4-13)12-7-15(10-18-8-12)19-14-5-6-17-9-14/h1-4,7-8,10,14,17H,5-6,9H2/t14-/m0/s1. The highest BCUT2D eigenvalue weighted by Gasteiger charge is 2.16. The molecule has 0 radical (unpaired) electrons. The van der Waals surface area contributed by atoms with Crippen LogP contribution in [0.25, 0.3) is 11.1 Å². The molecule has 1 atom stereocenters. The normalized spacial score (nSPS) is 18.5. The van der Waals surface area contributed by atoms with Crippen LogP contribution in [0.5, 0.6) is 5.75 Å². The Labute approximate surface area is 117 Å². The molecular weight excluding hydrogens is 260 g/mol. The molecule has 3 rings (SSSR count). The highest BCUT2D eigenvalue weighted by atomic mass is 35.5. The lowest BCUT2D eigenvalue weighted by Gasteiger charge is -2.12. The van der Waals surface area contributed by atoms with Gasteiger partial charge < -0.3 is 10.1 Å². The number of nitrogens with zero attached hydrogens (tertiary/aromatic N) is 1. The lowest BCUT2D eigenvalue weighted by molar-refractivity contribution is 0.222. The Bertz CT molecular complexity index is 550. The molecular formula is C15H15ClN2O. The molecule has 2 aromatic rings. The third-order valence-corrected chi connectivity index (χ3v) is 3.46. The summed E-state index contributed by atoms with van der Waals surface area (Å²) in [7, 11) is 0. The van der Waals surface area contributed by atoms with Crippen molar-refractivity contribution in [2.45, 2.75) is 12.5 Å². The van der Waals surface area contributed by atoms with Gasteiger partial charge in [-0.3, -0.25) is 4.98 Å². The number of hydrogen-bond donors (Lipinski definition) is 1. The fourth-order valence-corrected chi connectivity index (χ4v) is 2.33. The second-order valence-corrected chi connectivity index (χ2v) is 5.09. The number of halogens is 1. The van der Waals surface area contributed by atoms with E-state index in [0.717, 1.165) is 41.4 Å². The maximum absolute atomic E-state index is 5.91. The summed E-state index contributed by atoms with van der Waals surface area (Å²) in [4.78, 5) is 4.25. The summed E-state index contributed by atoms with van der Waals surface area (Å²) < 4.78 is 5.91. The Morgan fingerprint density at radius 1 is 1.16 bits per heavy atom. The molecule has 0 spiro atoms. The first-order valence-electron chi connectivity index (χ1n) is 6.39. The highest BCUT2D eigenvalue weighted by Crippen LogP contribution is 2.25. The third-order valence-electron chi connectivity index (χ3n) is 3.21. The van der Waals surface area contributed by atoms with Crippen LogP contribution < -0.4 is 10.1 Å². The molecule has 1 saturated heterocycles. The molecule has 0 amide bonds. The average molecular weight is 275 g/mol. The van der Waals surface area contributed by atoms with Crippen molar-refractivity contribution in [2.24, 2.45) is 0 Å². The van der Waals surface area contributed by atoms with Gasteiger partial charge in [-0.05, 0) is 36.7 Å². The summed E-state index contributed by atoms with van der Waals surface area (Å²) in [5.74, 6) is 0.821. The lowest BCUT2D eigenvalue weighted by atomic mass is 10.1. The van der Waals surface area contributed by atoms with E-state index >= 15 is 0 Å². The Balaban J connectivity index is 1.80. The van der Waals surface area contributed by atoms with E-state index in [1.165, 1.54) is 0 Å². The number of benzene rings is 1. The van der Waals surface area contributed by atoms with Crippen LogP contribution in [0.1, 0.15) is 6.42 Å². The molecule has 1 fully saturated rings. The maximum Gasteiger partial charge on any atom is 0.138 e. The van der Waals surface area contributed by atoms with Crippen molar-refractivity contribution in [1.82, 2.24) is 10.3 Å². The monoisotopic (exact) mass is 274 g/mol. The van der Waals surface area contributed by atoms with Crippen LogP contribution in [0.3, 0.4) is 0 Å². The predicted octanol–water partition coefficient (Wildman–Crippen LogP) is 3.14. The fraction of sp³-hybridized carbons (Fsp3) is 0.267. The first-order chi connectivity index (χ1) is 9.31. The van der Waals surface area contributed by atoms with Crippen molar-refractivity contribution < 1.29 is 4.74 Å². The third kappa shape index (κ3) is 3.06. The van der Waals surface area contributed by atoms with Crippen molar-refractivity contribution in [3.05, 3.63) is 47.7 Å². The van der Waals surface area contributed by atoms with Crippen LogP contribution in [0.4, 0.5) is 0 Å². The molecule has 1 N–H and O–H groups in total. The van der Waals surface area contributed by atoms with Gasteiger partial charge in [0.1, 0.15) is 11.9 Å². The van der Waals surface area contributed by atoms with Gasteiger partial charge in [-0.15, -0.1) is 0 Å². The van der Waals surface area contributed by atoms with Crippen LogP contribution in [0, 0.1) is 0 Å². The quantitative estimate of drug-likeness (QED) is 0.934. The van der Waals surface area contributed by atoms with E-state index in [0.29, 0.717) is 0 Å². The number of nitrogens with one attached hydrogen (secondary N) is 1. The zero-order valence-electron chi connectivity index (χ0n) is 10.5. The summed E-state index contributed by atoms with van der Waals surface area (Å²) >= 11 is 5.90. The van der Waals surface area contributed by atoms with Crippen molar-refractivity contribution in [3.63, 3.8) is 0 Å². The SMILES string of the molecule is Clc1ccc(-c2cncc(O[C@H]3CCNC3)c2)cc1. The number of rotatable bonds is 3. The fourth-order valence-electron chi connectivity index (χ4n) is 2.20. The molecule has 2 heterocycles. The van der Waals surface area contributed by atoms with E-state index in [2.05, 4.69) is 10.3 Å². The minimum atomic E-state index is 0.252. The van der Waals surface area contributed by atoms with E-state index in [1.54, 1.807) is 6.20 Å². The zero-order chi connectivity index (χ0) is 13.1. The minimum absolute atomic E-state index is 0.252. The van der Waals surface area contributed by atoms with E-state index < -0.39 is 0 Å². The van der Waals surface area contributed by atoms with E-state index in [9.17, 15) is 0 Å². The molecule has 98 valence electrons. The Kier molecular flexibility index (Phi) is 3.67. The van der Waals surface area contributed by atoms with Crippen molar-refractivity contribution in [1.29, 1.82) is 0 Å². The van der Waals surface area contributed by atoms with Gasteiger partial charge in [0.2, 0.25) is 0 Å².